The summed E-state index contributed by atoms with van der Waals surface area (Å²) >= 11 is 5.97. The predicted octanol–water partition coefficient (Wildman–Crippen LogP) is 2.35. The minimum atomic E-state index is -0.741. The molecule has 0 saturated heterocycles. The van der Waals surface area contributed by atoms with E-state index in [1.165, 1.54) is 0 Å². The highest BCUT2D eigenvalue weighted by atomic mass is 35.5. The van der Waals surface area contributed by atoms with E-state index < -0.39 is 5.97 Å². The van der Waals surface area contributed by atoms with Gasteiger partial charge in [-0.2, -0.15) is 5.10 Å². The third-order valence-corrected chi connectivity index (χ3v) is 3.29. The SMILES string of the molecule is O=C(O)CC1CCCC1n1nccc1Cl. The van der Waals surface area contributed by atoms with Crippen molar-refractivity contribution in [2.75, 3.05) is 0 Å². The van der Waals surface area contributed by atoms with E-state index in [1.54, 1.807) is 16.9 Å². The lowest BCUT2D eigenvalue weighted by Gasteiger charge is -2.19. The molecule has 0 radical (unpaired) electrons. The largest absolute Gasteiger partial charge is 0.481 e. The van der Waals surface area contributed by atoms with Crippen LogP contribution in [0.1, 0.15) is 31.7 Å². The fraction of sp³-hybridized carbons (Fsp3) is 0.600. The Kier molecular flexibility index (Phi) is 2.95. The van der Waals surface area contributed by atoms with Gasteiger partial charge in [0.25, 0.3) is 0 Å². The molecule has 1 aliphatic rings. The highest BCUT2D eigenvalue weighted by molar-refractivity contribution is 6.29. The van der Waals surface area contributed by atoms with Crippen LogP contribution in [0.25, 0.3) is 0 Å². The number of halogens is 1. The first kappa shape index (κ1) is 10.5. The van der Waals surface area contributed by atoms with Gasteiger partial charge in [0.2, 0.25) is 0 Å². The molecule has 1 fully saturated rings. The summed E-state index contributed by atoms with van der Waals surface area (Å²) in [5.74, 6) is -0.574. The minimum absolute atomic E-state index is 0.156. The lowest BCUT2D eigenvalue weighted by molar-refractivity contribution is -0.138. The van der Waals surface area contributed by atoms with Crippen molar-refractivity contribution < 1.29 is 9.90 Å². The average molecular weight is 229 g/mol. The maximum atomic E-state index is 10.7. The number of carboxylic acids is 1. The van der Waals surface area contributed by atoms with Gasteiger partial charge in [0.15, 0.2) is 0 Å². The van der Waals surface area contributed by atoms with Crippen LogP contribution in [0.4, 0.5) is 0 Å². The molecule has 1 N–H and O–H groups in total. The molecule has 2 rings (SSSR count). The van der Waals surface area contributed by atoms with E-state index in [9.17, 15) is 4.79 Å². The Morgan fingerprint density at radius 3 is 3.07 bits per heavy atom. The van der Waals surface area contributed by atoms with Gasteiger partial charge in [-0.25, -0.2) is 0 Å². The summed E-state index contributed by atoms with van der Waals surface area (Å²) in [7, 11) is 0. The summed E-state index contributed by atoms with van der Waals surface area (Å²) in [5, 5.41) is 13.5. The molecule has 2 atom stereocenters. The van der Waals surface area contributed by atoms with Crippen LogP contribution in [0.3, 0.4) is 0 Å². The zero-order chi connectivity index (χ0) is 10.8. The van der Waals surface area contributed by atoms with Gasteiger partial charge in [0, 0.05) is 0 Å². The second-order valence-corrected chi connectivity index (χ2v) is 4.34. The minimum Gasteiger partial charge on any atom is -0.481 e. The summed E-state index contributed by atoms with van der Waals surface area (Å²) in [5.41, 5.74) is 0. The van der Waals surface area contributed by atoms with E-state index in [0.717, 1.165) is 19.3 Å². The molecule has 0 bridgehead atoms. The van der Waals surface area contributed by atoms with E-state index >= 15 is 0 Å². The molecule has 1 aromatic rings. The van der Waals surface area contributed by atoms with Gasteiger partial charge in [-0.1, -0.05) is 18.0 Å². The van der Waals surface area contributed by atoms with E-state index in [2.05, 4.69) is 5.10 Å². The highest BCUT2D eigenvalue weighted by Crippen LogP contribution is 2.38. The molecule has 1 aliphatic carbocycles. The Bertz CT molecular complexity index is 364. The standard InChI is InChI=1S/C10H13ClN2O2/c11-9-4-5-12-13(9)8-3-1-2-7(8)6-10(14)15/h4-5,7-8H,1-3,6H2,(H,14,15). The van der Waals surface area contributed by atoms with Crippen LogP contribution in [0, 0.1) is 5.92 Å². The van der Waals surface area contributed by atoms with E-state index in [1.807, 2.05) is 0 Å². The normalized spacial score (nSPS) is 25.7. The van der Waals surface area contributed by atoms with Crippen LogP contribution < -0.4 is 0 Å². The number of rotatable bonds is 3. The number of carboxylic acid groups (broad SMARTS) is 1. The van der Waals surface area contributed by atoms with Crippen LogP contribution in [0.2, 0.25) is 5.15 Å². The van der Waals surface area contributed by atoms with E-state index in [0.29, 0.717) is 5.15 Å². The molecule has 0 aliphatic heterocycles. The highest BCUT2D eigenvalue weighted by Gasteiger charge is 2.31. The van der Waals surface area contributed by atoms with Crippen molar-refractivity contribution in [2.24, 2.45) is 5.92 Å². The number of nitrogens with zero attached hydrogens (tertiary/aromatic N) is 2. The lowest BCUT2D eigenvalue weighted by atomic mass is 10.00. The van der Waals surface area contributed by atoms with Crippen molar-refractivity contribution in [1.82, 2.24) is 9.78 Å². The van der Waals surface area contributed by atoms with Gasteiger partial charge in [-0.05, 0) is 24.8 Å². The van der Waals surface area contributed by atoms with Crippen molar-refractivity contribution >= 4 is 17.6 Å². The molecule has 15 heavy (non-hydrogen) atoms. The quantitative estimate of drug-likeness (QED) is 0.864. The Morgan fingerprint density at radius 2 is 2.47 bits per heavy atom. The van der Waals surface area contributed by atoms with Gasteiger partial charge in [-0.15, -0.1) is 0 Å². The summed E-state index contributed by atoms with van der Waals surface area (Å²) in [6, 6.07) is 1.89. The van der Waals surface area contributed by atoms with Crippen LogP contribution in [0.5, 0.6) is 0 Å². The maximum Gasteiger partial charge on any atom is 0.303 e. The monoisotopic (exact) mass is 228 g/mol. The summed E-state index contributed by atoms with van der Waals surface area (Å²) in [6.07, 6.45) is 4.84. The molecule has 0 aromatic carbocycles. The molecule has 4 nitrogen and oxygen atoms in total. The molecular weight excluding hydrogens is 216 g/mol. The van der Waals surface area contributed by atoms with Crippen LogP contribution in [-0.4, -0.2) is 20.9 Å². The van der Waals surface area contributed by atoms with Crippen LogP contribution in [0.15, 0.2) is 12.3 Å². The van der Waals surface area contributed by atoms with Gasteiger partial charge in [0.1, 0.15) is 5.15 Å². The first-order valence-electron chi connectivity index (χ1n) is 5.09. The van der Waals surface area contributed by atoms with Crippen molar-refractivity contribution in [3.8, 4) is 0 Å². The van der Waals surface area contributed by atoms with E-state index in [4.69, 9.17) is 16.7 Å². The molecule has 0 spiro atoms. The number of hydrogen-bond acceptors (Lipinski definition) is 2. The first-order chi connectivity index (χ1) is 7.18. The van der Waals surface area contributed by atoms with Gasteiger partial charge in [0.05, 0.1) is 18.7 Å². The Hall–Kier alpha value is -1.03. The summed E-state index contributed by atoms with van der Waals surface area (Å²) in [6.45, 7) is 0. The van der Waals surface area contributed by atoms with Gasteiger partial charge < -0.3 is 5.11 Å². The summed E-state index contributed by atoms with van der Waals surface area (Å²) in [4.78, 5) is 10.7. The Labute approximate surface area is 92.8 Å². The Balaban J connectivity index is 2.14. The first-order valence-corrected chi connectivity index (χ1v) is 5.47. The smallest absolute Gasteiger partial charge is 0.303 e. The lowest BCUT2D eigenvalue weighted by Crippen LogP contribution is -2.18. The fourth-order valence-electron chi connectivity index (χ4n) is 2.34. The van der Waals surface area contributed by atoms with Crippen molar-refractivity contribution in [2.45, 2.75) is 31.7 Å². The summed E-state index contributed by atoms with van der Waals surface area (Å²) < 4.78 is 1.75. The van der Waals surface area contributed by atoms with Crippen molar-refractivity contribution in [1.29, 1.82) is 0 Å². The molecule has 1 saturated carbocycles. The van der Waals surface area contributed by atoms with Crippen LogP contribution >= 0.6 is 11.6 Å². The predicted molar refractivity (Wildman–Crippen MR) is 55.9 cm³/mol. The van der Waals surface area contributed by atoms with Gasteiger partial charge in [-0.3, -0.25) is 9.48 Å². The number of hydrogen-bond donors (Lipinski definition) is 1. The third kappa shape index (κ3) is 2.15. The van der Waals surface area contributed by atoms with Gasteiger partial charge >= 0.3 is 5.97 Å². The molecular formula is C10H13ClN2O2. The third-order valence-electron chi connectivity index (χ3n) is 2.99. The molecule has 1 heterocycles. The maximum absolute atomic E-state index is 10.7. The fourth-order valence-corrected chi connectivity index (χ4v) is 2.57. The van der Waals surface area contributed by atoms with E-state index in [-0.39, 0.29) is 18.4 Å². The number of aromatic nitrogens is 2. The van der Waals surface area contributed by atoms with Crippen molar-refractivity contribution in [3.05, 3.63) is 17.4 Å². The topological polar surface area (TPSA) is 55.1 Å². The Morgan fingerprint density at radius 1 is 1.67 bits per heavy atom. The molecule has 82 valence electrons. The van der Waals surface area contributed by atoms with Crippen LogP contribution in [-0.2, 0) is 4.79 Å². The molecule has 1 aromatic heterocycles. The number of carbonyl (C=O) groups is 1. The second-order valence-electron chi connectivity index (χ2n) is 3.95. The average Bonchev–Trinajstić information content (AvgIpc) is 2.73. The molecule has 5 heteroatoms. The van der Waals surface area contributed by atoms with Crippen molar-refractivity contribution in [3.63, 3.8) is 0 Å². The molecule has 2 unspecified atom stereocenters. The number of aliphatic carboxylic acids is 1. The zero-order valence-corrected chi connectivity index (χ0v) is 9.02. The molecule has 0 amide bonds. The zero-order valence-electron chi connectivity index (χ0n) is 8.27. The second kappa shape index (κ2) is 4.23.